The van der Waals surface area contributed by atoms with Gasteiger partial charge < -0.3 is 5.32 Å². The first-order valence-electron chi connectivity index (χ1n) is 5.37. The summed E-state index contributed by atoms with van der Waals surface area (Å²) >= 11 is 2.14. The van der Waals surface area contributed by atoms with Gasteiger partial charge in [-0.05, 0) is 41.1 Å². The maximum atomic E-state index is 11.8. The predicted octanol–water partition coefficient (Wildman–Crippen LogP) is 2.18. The third-order valence-electron chi connectivity index (χ3n) is 2.52. The summed E-state index contributed by atoms with van der Waals surface area (Å²) in [5.41, 5.74) is 0.693. The molecule has 94 valence electrons. The number of amides is 1. The third kappa shape index (κ3) is 4.75. The first-order chi connectivity index (χ1) is 8.02. The maximum Gasteiger partial charge on any atom is 0.252 e. The van der Waals surface area contributed by atoms with Gasteiger partial charge in [-0.25, -0.2) is 0 Å². The molecule has 5 heteroatoms. The van der Waals surface area contributed by atoms with Crippen LogP contribution in [-0.4, -0.2) is 28.2 Å². The molecule has 1 N–H and O–H groups in total. The lowest BCUT2D eigenvalue weighted by Gasteiger charge is -2.10. The molecule has 2 unspecified atom stereocenters. The highest BCUT2D eigenvalue weighted by Gasteiger charge is 2.10. The smallest absolute Gasteiger partial charge is 0.252 e. The minimum atomic E-state index is -0.827. The van der Waals surface area contributed by atoms with Crippen LogP contribution in [0.3, 0.4) is 0 Å². The molecule has 0 aliphatic carbocycles. The highest BCUT2D eigenvalue weighted by atomic mass is 127. The SMILES string of the molecule is CC(CCNC(=O)c1ccccc1I)S(C)=O. The second-order valence-corrected chi connectivity index (χ2v) is 6.80. The topological polar surface area (TPSA) is 46.2 Å². The van der Waals surface area contributed by atoms with Crippen LogP contribution in [0, 0.1) is 3.57 Å². The van der Waals surface area contributed by atoms with Crippen molar-refractivity contribution in [3.8, 4) is 0 Å². The van der Waals surface area contributed by atoms with Crippen molar-refractivity contribution in [3.05, 3.63) is 33.4 Å². The Hall–Kier alpha value is -0.430. The van der Waals surface area contributed by atoms with Crippen molar-refractivity contribution in [2.75, 3.05) is 12.8 Å². The molecule has 2 atom stereocenters. The lowest BCUT2D eigenvalue weighted by Crippen LogP contribution is -2.28. The Morgan fingerprint density at radius 2 is 2.12 bits per heavy atom. The summed E-state index contributed by atoms with van der Waals surface area (Å²) in [4.78, 5) is 11.8. The number of halogens is 1. The molecule has 0 aliphatic rings. The van der Waals surface area contributed by atoms with E-state index in [4.69, 9.17) is 0 Å². The average molecular weight is 365 g/mol. The first kappa shape index (κ1) is 14.6. The van der Waals surface area contributed by atoms with Gasteiger partial charge in [0.25, 0.3) is 5.91 Å². The molecular formula is C12H16INO2S. The zero-order chi connectivity index (χ0) is 12.8. The average Bonchev–Trinajstić information content (AvgIpc) is 2.29. The summed E-state index contributed by atoms with van der Waals surface area (Å²) in [6.45, 7) is 2.49. The van der Waals surface area contributed by atoms with Crippen LogP contribution in [0.1, 0.15) is 23.7 Å². The Morgan fingerprint density at radius 3 is 2.71 bits per heavy atom. The van der Waals surface area contributed by atoms with Gasteiger partial charge in [-0.3, -0.25) is 9.00 Å². The summed E-state index contributed by atoms with van der Waals surface area (Å²) in [5, 5.41) is 2.96. The van der Waals surface area contributed by atoms with Crippen molar-refractivity contribution in [2.24, 2.45) is 0 Å². The monoisotopic (exact) mass is 365 g/mol. The van der Waals surface area contributed by atoms with Crippen LogP contribution < -0.4 is 5.32 Å². The number of hydrogen-bond donors (Lipinski definition) is 1. The van der Waals surface area contributed by atoms with Crippen LogP contribution in [0.25, 0.3) is 0 Å². The quantitative estimate of drug-likeness (QED) is 0.814. The van der Waals surface area contributed by atoms with E-state index in [2.05, 4.69) is 27.9 Å². The van der Waals surface area contributed by atoms with Gasteiger partial charge in [0.2, 0.25) is 0 Å². The number of rotatable bonds is 5. The lowest BCUT2D eigenvalue weighted by molar-refractivity contribution is 0.0952. The molecule has 0 spiro atoms. The van der Waals surface area contributed by atoms with Gasteiger partial charge in [0.15, 0.2) is 0 Å². The predicted molar refractivity (Wildman–Crippen MR) is 79.6 cm³/mol. The molecule has 0 aromatic heterocycles. The van der Waals surface area contributed by atoms with Gasteiger partial charge in [0, 0.05) is 32.4 Å². The van der Waals surface area contributed by atoms with E-state index in [1.165, 1.54) is 0 Å². The minimum absolute atomic E-state index is 0.0657. The van der Waals surface area contributed by atoms with E-state index >= 15 is 0 Å². The van der Waals surface area contributed by atoms with Crippen LogP contribution in [-0.2, 0) is 10.8 Å². The lowest BCUT2D eigenvalue weighted by atomic mass is 10.2. The van der Waals surface area contributed by atoms with Crippen LogP contribution >= 0.6 is 22.6 Å². The number of hydrogen-bond acceptors (Lipinski definition) is 2. The summed E-state index contributed by atoms with van der Waals surface area (Å²) < 4.78 is 12.1. The van der Waals surface area contributed by atoms with Gasteiger partial charge in [-0.2, -0.15) is 0 Å². The van der Waals surface area contributed by atoms with Gasteiger partial charge >= 0.3 is 0 Å². The number of benzene rings is 1. The second-order valence-electron chi connectivity index (χ2n) is 3.83. The van der Waals surface area contributed by atoms with Crippen LogP contribution in [0.4, 0.5) is 0 Å². The van der Waals surface area contributed by atoms with E-state index in [1.54, 1.807) is 12.3 Å². The van der Waals surface area contributed by atoms with E-state index < -0.39 is 10.8 Å². The van der Waals surface area contributed by atoms with E-state index in [0.717, 1.165) is 9.99 Å². The van der Waals surface area contributed by atoms with Gasteiger partial charge in [-0.15, -0.1) is 0 Å². The van der Waals surface area contributed by atoms with Crippen molar-refractivity contribution < 1.29 is 9.00 Å². The fourth-order valence-electron chi connectivity index (χ4n) is 1.30. The highest BCUT2D eigenvalue weighted by Crippen LogP contribution is 2.11. The van der Waals surface area contributed by atoms with Crippen LogP contribution in [0.15, 0.2) is 24.3 Å². The fraction of sp³-hybridized carbons (Fsp3) is 0.417. The molecule has 1 aromatic rings. The third-order valence-corrected chi connectivity index (χ3v) is 4.83. The van der Waals surface area contributed by atoms with Gasteiger partial charge in [-0.1, -0.05) is 19.1 Å². The standard InChI is InChI=1S/C12H16INO2S/c1-9(17(2)16)7-8-14-12(15)10-5-3-4-6-11(10)13/h3-6,9H,7-8H2,1-2H3,(H,14,15). The van der Waals surface area contributed by atoms with E-state index in [-0.39, 0.29) is 11.2 Å². The summed E-state index contributed by atoms with van der Waals surface area (Å²) in [5.74, 6) is -0.0657. The molecule has 0 aliphatic heterocycles. The molecule has 3 nitrogen and oxygen atoms in total. The number of carbonyl (C=O) groups is 1. The van der Waals surface area contributed by atoms with E-state index in [9.17, 15) is 9.00 Å². The number of nitrogens with one attached hydrogen (secondary N) is 1. The Balaban J connectivity index is 2.46. The minimum Gasteiger partial charge on any atom is -0.352 e. The zero-order valence-electron chi connectivity index (χ0n) is 9.90. The Morgan fingerprint density at radius 1 is 1.47 bits per heavy atom. The number of carbonyl (C=O) groups excluding carboxylic acids is 1. The van der Waals surface area contributed by atoms with Crippen LogP contribution in [0.5, 0.6) is 0 Å². The Kier molecular flexibility index (Phi) is 6.11. The molecule has 1 amide bonds. The molecule has 17 heavy (non-hydrogen) atoms. The molecule has 0 bridgehead atoms. The zero-order valence-corrected chi connectivity index (χ0v) is 12.9. The Bertz CT molecular complexity index is 423. The molecule has 0 heterocycles. The van der Waals surface area contributed by atoms with Gasteiger partial charge in [0.05, 0.1) is 5.56 Å². The molecular weight excluding hydrogens is 349 g/mol. The molecule has 0 radical (unpaired) electrons. The molecule has 1 rings (SSSR count). The summed E-state index contributed by atoms with van der Waals surface area (Å²) in [6.07, 6.45) is 2.42. The van der Waals surface area contributed by atoms with Crippen LogP contribution in [0.2, 0.25) is 0 Å². The van der Waals surface area contributed by atoms with Gasteiger partial charge in [0.1, 0.15) is 0 Å². The van der Waals surface area contributed by atoms with E-state index in [0.29, 0.717) is 12.1 Å². The van der Waals surface area contributed by atoms with Crippen molar-refractivity contribution in [3.63, 3.8) is 0 Å². The summed E-state index contributed by atoms with van der Waals surface area (Å²) in [7, 11) is -0.827. The second kappa shape index (κ2) is 7.10. The van der Waals surface area contributed by atoms with Crippen molar-refractivity contribution in [1.29, 1.82) is 0 Å². The molecule has 0 saturated heterocycles. The molecule has 1 aromatic carbocycles. The highest BCUT2D eigenvalue weighted by molar-refractivity contribution is 14.1. The van der Waals surface area contributed by atoms with Crippen molar-refractivity contribution >= 4 is 39.3 Å². The Labute approximate surface area is 118 Å². The summed E-state index contributed by atoms with van der Waals surface area (Å²) in [6, 6.07) is 7.46. The van der Waals surface area contributed by atoms with Crippen molar-refractivity contribution in [1.82, 2.24) is 5.32 Å². The fourth-order valence-corrected chi connectivity index (χ4v) is 2.38. The molecule has 0 saturated carbocycles. The maximum absolute atomic E-state index is 11.8. The van der Waals surface area contributed by atoms with Crippen molar-refractivity contribution in [2.45, 2.75) is 18.6 Å². The molecule has 0 fully saturated rings. The normalized spacial score (nSPS) is 14.1. The van der Waals surface area contributed by atoms with E-state index in [1.807, 2.05) is 25.1 Å². The first-order valence-corrected chi connectivity index (χ1v) is 8.07. The largest absolute Gasteiger partial charge is 0.352 e.